The van der Waals surface area contributed by atoms with Crippen molar-refractivity contribution in [2.45, 2.75) is 5.41 Å². The Morgan fingerprint density at radius 3 is 0.905 bits per heavy atom. The number of anilines is 6. The van der Waals surface area contributed by atoms with Crippen LogP contribution in [0.5, 0.6) is 0 Å². The van der Waals surface area contributed by atoms with Crippen LogP contribution in [0.3, 0.4) is 0 Å². The molecule has 0 N–H and O–H groups in total. The fourth-order valence-corrected chi connectivity index (χ4v) is 10.3. The highest BCUT2D eigenvalue weighted by Crippen LogP contribution is 2.63. The maximum atomic E-state index is 2.47. The molecular weight excluding hydrogens is 761 g/mol. The van der Waals surface area contributed by atoms with E-state index in [1.54, 1.807) is 0 Å². The fraction of sp³-hybridized carbons (Fsp3) is 0.0164. The molecule has 2 nitrogen and oxygen atoms in total. The van der Waals surface area contributed by atoms with Crippen molar-refractivity contribution in [2.24, 2.45) is 0 Å². The topological polar surface area (TPSA) is 6.48 Å². The van der Waals surface area contributed by atoms with Crippen LogP contribution in [-0.4, -0.2) is 0 Å². The molecule has 0 saturated heterocycles. The first-order valence-corrected chi connectivity index (χ1v) is 21.8. The summed E-state index contributed by atoms with van der Waals surface area (Å²) in [6.07, 6.45) is 0. The van der Waals surface area contributed by atoms with Crippen LogP contribution in [-0.2, 0) is 5.41 Å². The van der Waals surface area contributed by atoms with Crippen LogP contribution in [0.1, 0.15) is 22.3 Å². The van der Waals surface area contributed by atoms with E-state index in [0.29, 0.717) is 0 Å². The van der Waals surface area contributed by atoms with Crippen molar-refractivity contribution in [3.05, 3.63) is 277 Å². The van der Waals surface area contributed by atoms with Crippen LogP contribution in [0.15, 0.2) is 255 Å². The molecule has 296 valence electrons. The first kappa shape index (κ1) is 36.6. The Morgan fingerprint density at radius 2 is 0.492 bits per heavy atom. The molecule has 10 aromatic carbocycles. The van der Waals surface area contributed by atoms with Crippen molar-refractivity contribution < 1.29 is 0 Å². The smallest absolute Gasteiger partial charge is 0.0726 e. The highest BCUT2D eigenvalue weighted by Gasteiger charge is 2.51. The van der Waals surface area contributed by atoms with Gasteiger partial charge in [0.15, 0.2) is 0 Å². The molecule has 10 aromatic rings. The molecule has 0 unspecified atom stereocenters. The Hall–Kier alpha value is -8.20. The third kappa shape index (κ3) is 5.95. The van der Waals surface area contributed by atoms with Gasteiger partial charge in [0.25, 0.3) is 0 Å². The molecule has 0 aliphatic heterocycles. The van der Waals surface area contributed by atoms with Crippen LogP contribution in [0.25, 0.3) is 44.5 Å². The van der Waals surface area contributed by atoms with Crippen molar-refractivity contribution in [1.29, 1.82) is 0 Å². The Balaban J connectivity index is 0.970. The van der Waals surface area contributed by atoms with Crippen molar-refractivity contribution in [1.82, 2.24) is 0 Å². The summed E-state index contributed by atoms with van der Waals surface area (Å²) in [7, 11) is 0. The Labute approximate surface area is 369 Å². The zero-order valence-electron chi connectivity index (χ0n) is 34.6. The number of nitrogens with zero attached hydrogens (tertiary/aromatic N) is 2. The predicted octanol–water partition coefficient (Wildman–Crippen LogP) is 16.3. The Morgan fingerprint density at radius 1 is 0.206 bits per heavy atom. The normalized spacial score (nSPS) is 12.6. The van der Waals surface area contributed by atoms with Gasteiger partial charge in [-0.2, -0.15) is 0 Å². The van der Waals surface area contributed by atoms with Crippen molar-refractivity contribution in [3.8, 4) is 44.5 Å². The van der Waals surface area contributed by atoms with E-state index in [4.69, 9.17) is 0 Å². The summed E-state index contributed by atoms with van der Waals surface area (Å²) in [5.74, 6) is 0. The minimum atomic E-state index is -0.426. The second-order valence-electron chi connectivity index (χ2n) is 16.5. The number of fused-ring (bicyclic) bond motifs is 10. The Kier molecular flexibility index (Phi) is 8.76. The Bertz CT molecular complexity index is 3140. The van der Waals surface area contributed by atoms with Gasteiger partial charge >= 0.3 is 0 Å². The number of benzene rings is 10. The molecular formula is C61H42N2. The predicted molar refractivity (Wildman–Crippen MR) is 263 cm³/mol. The average Bonchev–Trinajstić information content (AvgIpc) is 3.83. The summed E-state index contributed by atoms with van der Waals surface area (Å²) in [5, 5.41) is 0. The fourth-order valence-electron chi connectivity index (χ4n) is 10.3. The molecule has 2 heteroatoms. The van der Waals surface area contributed by atoms with E-state index in [9.17, 15) is 0 Å². The molecule has 2 aliphatic rings. The van der Waals surface area contributed by atoms with Crippen LogP contribution in [0, 0.1) is 0 Å². The summed E-state index contributed by atoms with van der Waals surface area (Å²) in [4.78, 5) is 4.72. The van der Waals surface area contributed by atoms with E-state index in [1.165, 1.54) is 61.2 Å². The summed E-state index contributed by atoms with van der Waals surface area (Å²) >= 11 is 0. The van der Waals surface area contributed by atoms with Gasteiger partial charge in [0, 0.05) is 34.1 Å². The molecule has 2 aliphatic carbocycles. The monoisotopic (exact) mass is 802 g/mol. The summed E-state index contributed by atoms with van der Waals surface area (Å²) < 4.78 is 0. The molecule has 0 amide bonds. The first-order chi connectivity index (χ1) is 31.3. The van der Waals surface area contributed by atoms with Gasteiger partial charge in [0.1, 0.15) is 0 Å². The number of rotatable bonds is 8. The van der Waals surface area contributed by atoms with E-state index < -0.39 is 5.41 Å². The highest BCUT2D eigenvalue weighted by molar-refractivity contribution is 5.96. The van der Waals surface area contributed by atoms with Crippen molar-refractivity contribution in [2.75, 3.05) is 9.80 Å². The van der Waals surface area contributed by atoms with Crippen molar-refractivity contribution in [3.63, 3.8) is 0 Å². The first-order valence-electron chi connectivity index (χ1n) is 21.8. The molecule has 63 heavy (non-hydrogen) atoms. The lowest BCUT2D eigenvalue weighted by atomic mass is 9.70. The standard InChI is InChI=1S/C61H42N2/c1-4-16-43(17-5-1)44-28-36-50(37-29-44)63(51-38-32-46(33-39-51)45-30-34-49(35-31-45)62(47-18-6-2-7-19-47)48-20-8-3-9-21-48)52-40-41-56-55-24-12-15-27-59(55)61(60(56)42-52)57-25-13-10-22-53(57)54-23-11-14-26-58(54)61/h1-42H. The zero-order valence-corrected chi connectivity index (χ0v) is 34.6. The maximum Gasteiger partial charge on any atom is 0.0726 e. The molecule has 0 saturated carbocycles. The second-order valence-corrected chi connectivity index (χ2v) is 16.5. The van der Waals surface area contributed by atoms with E-state index >= 15 is 0 Å². The minimum Gasteiger partial charge on any atom is -0.311 e. The number of hydrogen-bond donors (Lipinski definition) is 0. The van der Waals surface area contributed by atoms with Gasteiger partial charge in [-0.1, -0.05) is 182 Å². The van der Waals surface area contributed by atoms with Crippen LogP contribution < -0.4 is 9.80 Å². The van der Waals surface area contributed by atoms with Crippen LogP contribution >= 0.6 is 0 Å². The molecule has 1 spiro atoms. The summed E-state index contributed by atoms with van der Waals surface area (Å²) in [5.41, 5.74) is 21.6. The quantitative estimate of drug-likeness (QED) is 0.151. The SMILES string of the molecule is c1ccc(-c2ccc(N(c3ccc(-c4ccc(N(c5ccccc5)c5ccccc5)cc4)cc3)c3ccc4c(c3)C3(c5ccccc5-c5ccccc53)c3ccccc3-4)cc2)cc1. The largest absolute Gasteiger partial charge is 0.311 e. The van der Waals surface area contributed by atoms with Gasteiger partial charge in [0.2, 0.25) is 0 Å². The molecule has 0 heterocycles. The third-order valence-electron chi connectivity index (χ3n) is 13.1. The van der Waals surface area contributed by atoms with Crippen molar-refractivity contribution >= 4 is 34.1 Å². The highest BCUT2D eigenvalue weighted by atomic mass is 15.1. The van der Waals surface area contributed by atoms with Gasteiger partial charge in [0.05, 0.1) is 5.41 Å². The van der Waals surface area contributed by atoms with Gasteiger partial charge < -0.3 is 9.80 Å². The lowest BCUT2D eigenvalue weighted by Crippen LogP contribution is -2.26. The van der Waals surface area contributed by atoms with Gasteiger partial charge in [-0.3, -0.25) is 0 Å². The second kappa shape index (κ2) is 15.1. The van der Waals surface area contributed by atoms with Crippen LogP contribution in [0.2, 0.25) is 0 Å². The molecule has 0 bridgehead atoms. The zero-order chi connectivity index (χ0) is 41.7. The molecule has 0 radical (unpaired) electrons. The molecule has 12 rings (SSSR count). The third-order valence-corrected chi connectivity index (χ3v) is 13.1. The van der Waals surface area contributed by atoms with E-state index in [2.05, 4.69) is 265 Å². The molecule has 0 aromatic heterocycles. The lowest BCUT2D eigenvalue weighted by molar-refractivity contribution is 0.793. The summed E-state index contributed by atoms with van der Waals surface area (Å²) in [6.45, 7) is 0. The molecule has 0 atom stereocenters. The lowest BCUT2D eigenvalue weighted by Gasteiger charge is -2.32. The number of para-hydroxylation sites is 2. The van der Waals surface area contributed by atoms with Gasteiger partial charge in [-0.25, -0.2) is 0 Å². The number of hydrogen-bond acceptors (Lipinski definition) is 2. The maximum absolute atomic E-state index is 2.47. The summed E-state index contributed by atoms with van der Waals surface area (Å²) in [6, 6.07) is 93.0. The van der Waals surface area contributed by atoms with Gasteiger partial charge in [-0.15, -0.1) is 0 Å². The van der Waals surface area contributed by atoms with E-state index in [-0.39, 0.29) is 0 Å². The van der Waals surface area contributed by atoms with E-state index in [0.717, 1.165) is 39.7 Å². The molecule has 0 fully saturated rings. The van der Waals surface area contributed by atoms with Gasteiger partial charge in [-0.05, 0) is 140 Å². The average molecular weight is 803 g/mol. The van der Waals surface area contributed by atoms with Crippen LogP contribution in [0.4, 0.5) is 34.1 Å². The van der Waals surface area contributed by atoms with E-state index in [1.807, 2.05) is 0 Å². The minimum absolute atomic E-state index is 0.426.